The first-order chi connectivity index (χ1) is 13.8. The lowest BCUT2D eigenvalue weighted by atomic mass is 9.94. The summed E-state index contributed by atoms with van der Waals surface area (Å²) in [6.45, 7) is 4.51. The number of carbonyl (C=O) groups excluding carboxylic acids is 3. The maximum absolute atomic E-state index is 13.2. The maximum atomic E-state index is 13.2. The van der Waals surface area contributed by atoms with E-state index >= 15 is 0 Å². The van der Waals surface area contributed by atoms with Gasteiger partial charge in [-0.1, -0.05) is 12.1 Å². The summed E-state index contributed by atoms with van der Waals surface area (Å²) >= 11 is 0. The highest BCUT2D eigenvalue weighted by Gasteiger charge is 2.35. The average Bonchev–Trinajstić information content (AvgIpc) is 2.68. The fourth-order valence-corrected chi connectivity index (χ4v) is 3.81. The molecule has 2 aromatic rings. The number of hydrogen-bond acceptors (Lipinski definition) is 4. The fourth-order valence-electron chi connectivity index (χ4n) is 3.81. The van der Waals surface area contributed by atoms with Crippen molar-refractivity contribution in [2.24, 2.45) is 0 Å². The van der Waals surface area contributed by atoms with Crippen molar-refractivity contribution in [1.82, 2.24) is 15.5 Å². The molecule has 7 nitrogen and oxygen atoms in total. The van der Waals surface area contributed by atoms with E-state index in [-0.39, 0.29) is 29.9 Å². The number of nitrogens with zero attached hydrogens (tertiary/aromatic N) is 1. The molecule has 0 aromatic heterocycles. The number of benzene rings is 2. The minimum absolute atomic E-state index is 0.0794. The van der Waals surface area contributed by atoms with E-state index < -0.39 is 6.04 Å². The number of aromatic hydroxyl groups is 1. The smallest absolute Gasteiger partial charge is 0.254 e. The Balaban J connectivity index is 1.94. The molecule has 3 amide bonds. The normalized spacial score (nSPS) is 16.3. The van der Waals surface area contributed by atoms with Crippen molar-refractivity contribution in [2.75, 3.05) is 20.1 Å². The van der Waals surface area contributed by atoms with Crippen molar-refractivity contribution in [3.8, 4) is 16.9 Å². The molecule has 0 bridgehead atoms. The first kappa shape index (κ1) is 20.4. The second kappa shape index (κ2) is 8.34. The number of nitrogens with one attached hydrogen (secondary N) is 2. The van der Waals surface area contributed by atoms with Crippen molar-refractivity contribution < 1.29 is 19.5 Å². The lowest BCUT2D eigenvalue weighted by molar-refractivity contribution is -0.132. The highest BCUT2D eigenvalue weighted by Crippen LogP contribution is 2.31. The number of rotatable bonds is 4. The summed E-state index contributed by atoms with van der Waals surface area (Å²) in [4.78, 5) is 38.8. The first-order valence-electron chi connectivity index (χ1n) is 9.51. The molecule has 1 aliphatic rings. The Morgan fingerprint density at radius 2 is 1.90 bits per heavy atom. The van der Waals surface area contributed by atoms with Crippen LogP contribution in [-0.4, -0.2) is 53.9 Å². The van der Waals surface area contributed by atoms with Gasteiger partial charge < -0.3 is 20.6 Å². The molecular formula is C22H25N3O4. The van der Waals surface area contributed by atoms with E-state index in [2.05, 4.69) is 10.6 Å². The van der Waals surface area contributed by atoms with E-state index in [4.69, 9.17) is 0 Å². The predicted molar refractivity (Wildman–Crippen MR) is 110 cm³/mol. The van der Waals surface area contributed by atoms with Gasteiger partial charge in [0.1, 0.15) is 11.8 Å². The van der Waals surface area contributed by atoms with Gasteiger partial charge in [-0.25, -0.2) is 0 Å². The molecule has 152 valence electrons. The monoisotopic (exact) mass is 395 g/mol. The summed E-state index contributed by atoms with van der Waals surface area (Å²) in [7, 11) is 1.50. The molecule has 1 saturated heterocycles. The largest absolute Gasteiger partial charge is 0.508 e. The summed E-state index contributed by atoms with van der Waals surface area (Å²) in [5.41, 5.74) is 4.07. The van der Waals surface area contributed by atoms with Crippen LogP contribution in [0.5, 0.6) is 5.75 Å². The minimum Gasteiger partial charge on any atom is -0.508 e. The average molecular weight is 395 g/mol. The first-order valence-corrected chi connectivity index (χ1v) is 9.51. The molecule has 2 aromatic carbocycles. The lowest BCUT2D eigenvalue weighted by Gasteiger charge is -2.34. The lowest BCUT2D eigenvalue weighted by Crippen LogP contribution is -2.58. The highest BCUT2D eigenvalue weighted by atomic mass is 16.3. The van der Waals surface area contributed by atoms with Crippen molar-refractivity contribution in [2.45, 2.75) is 26.3 Å². The van der Waals surface area contributed by atoms with Crippen LogP contribution in [0.1, 0.15) is 27.9 Å². The zero-order chi connectivity index (χ0) is 21.1. The van der Waals surface area contributed by atoms with Crippen LogP contribution in [-0.2, 0) is 9.59 Å². The van der Waals surface area contributed by atoms with Gasteiger partial charge in [0.05, 0.1) is 6.42 Å². The summed E-state index contributed by atoms with van der Waals surface area (Å²) in [5.74, 6) is -0.708. The SMILES string of the molecule is CNC(=O)CC1C(=O)NCCN1C(=O)c1cccc(-c2c(C)cc(O)cc2C)c1. The molecule has 1 aliphatic heterocycles. The van der Waals surface area contributed by atoms with Gasteiger partial charge in [0.2, 0.25) is 11.8 Å². The maximum Gasteiger partial charge on any atom is 0.254 e. The fraction of sp³-hybridized carbons (Fsp3) is 0.318. The van der Waals surface area contributed by atoms with Crippen molar-refractivity contribution in [1.29, 1.82) is 0 Å². The molecule has 1 atom stereocenters. The van der Waals surface area contributed by atoms with Gasteiger partial charge in [0.25, 0.3) is 5.91 Å². The second-order valence-electron chi connectivity index (χ2n) is 7.22. The van der Waals surface area contributed by atoms with E-state index in [1.54, 1.807) is 30.3 Å². The molecule has 0 radical (unpaired) electrons. The highest BCUT2D eigenvalue weighted by molar-refractivity contribution is 6.00. The molecule has 7 heteroatoms. The Kier molecular flexibility index (Phi) is 5.87. The molecule has 1 heterocycles. The van der Waals surface area contributed by atoms with E-state index in [1.165, 1.54) is 11.9 Å². The van der Waals surface area contributed by atoms with Gasteiger partial charge in [-0.05, 0) is 60.4 Å². The van der Waals surface area contributed by atoms with Crippen LogP contribution in [0.4, 0.5) is 0 Å². The molecule has 0 aliphatic carbocycles. The number of aryl methyl sites for hydroxylation is 2. The number of phenolic OH excluding ortho intramolecular Hbond substituents is 1. The number of phenols is 1. The van der Waals surface area contributed by atoms with Gasteiger partial charge in [-0.3, -0.25) is 14.4 Å². The number of piperazine rings is 1. The van der Waals surface area contributed by atoms with Gasteiger partial charge >= 0.3 is 0 Å². The Bertz CT molecular complexity index is 947. The van der Waals surface area contributed by atoms with E-state index in [0.29, 0.717) is 18.7 Å². The van der Waals surface area contributed by atoms with Crippen molar-refractivity contribution >= 4 is 17.7 Å². The Morgan fingerprint density at radius 1 is 1.21 bits per heavy atom. The molecule has 29 heavy (non-hydrogen) atoms. The third-order valence-corrected chi connectivity index (χ3v) is 5.16. The standard InChI is InChI=1S/C22H25N3O4/c1-13-9-17(26)10-14(2)20(13)15-5-4-6-16(11-15)22(29)25-8-7-24-21(28)18(25)12-19(27)23-3/h4-6,9-11,18,26H,7-8,12H2,1-3H3,(H,23,27)(H,24,28). The molecular weight excluding hydrogens is 370 g/mol. The topological polar surface area (TPSA) is 98.7 Å². The zero-order valence-electron chi connectivity index (χ0n) is 16.8. The van der Waals surface area contributed by atoms with E-state index in [0.717, 1.165) is 22.3 Å². The van der Waals surface area contributed by atoms with Gasteiger partial charge in [0.15, 0.2) is 0 Å². The van der Waals surface area contributed by atoms with Crippen LogP contribution in [0.15, 0.2) is 36.4 Å². The molecule has 3 N–H and O–H groups in total. The minimum atomic E-state index is -0.836. The van der Waals surface area contributed by atoms with Crippen LogP contribution in [0.2, 0.25) is 0 Å². The van der Waals surface area contributed by atoms with Gasteiger partial charge in [-0.15, -0.1) is 0 Å². The summed E-state index contributed by atoms with van der Waals surface area (Å²) in [6, 6.07) is 9.74. The van der Waals surface area contributed by atoms with Crippen LogP contribution < -0.4 is 10.6 Å². The molecule has 1 fully saturated rings. The Labute approximate surface area is 169 Å². The van der Waals surface area contributed by atoms with E-state index in [9.17, 15) is 19.5 Å². The van der Waals surface area contributed by atoms with Crippen molar-refractivity contribution in [3.63, 3.8) is 0 Å². The Hall–Kier alpha value is -3.35. The van der Waals surface area contributed by atoms with Crippen LogP contribution >= 0.6 is 0 Å². The number of hydrogen-bond donors (Lipinski definition) is 3. The molecule has 0 spiro atoms. The molecule has 1 unspecified atom stereocenters. The molecule has 3 rings (SSSR count). The summed E-state index contributed by atoms with van der Waals surface area (Å²) in [5, 5.41) is 15.0. The molecule has 0 saturated carbocycles. The Morgan fingerprint density at radius 3 is 2.55 bits per heavy atom. The third kappa shape index (κ3) is 4.23. The van der Waals surface area contributed by atoms with Gasteiger partial charge in [0, 0.05) is 25.7 Å². The number of amides is 3. The van der Waals surface area contributed by atoms with Gasteiger partial charge in [-0.2, -0.15) is 0 Å². The summed E-state index contributed by atoms with van der Waals surface area (Å²) < 4.78 is 0. The second-order valence-corrected chi connectivity index (χ2v) is 7.22. The number of carbonyl (C=O) groups is 3. The van der Waals surface area contributed by atoms with Crippen molar-refractivity contribution in [3.05, 3.63) is 53.1 Å². The van der Waals surface area contributed by atoms with Crippen LogP contribution in [0, 0.1) is 13.8 Å². The third-order valence-electron chi connectivity index (χ3n) is 5.16. The summed E-state index contributed by atoms with van der Waals surface area (Å²) in [6.07, 6.45) is -0.0794. The zero-order valence-corrected chi connectivity index (χ0v) is 16.8. The predicted octanol–water partition coefficient (Wildman–Crippen LogP) is 1.75. The quantitative estimate of drug-likeness (QED) is 0.735. The van der Waals surface area contributed by atoms with Crippen LogP contribution in [0.3, 0.4) is 0 Å². The van der Waals surface area contributed by atoms with E-state index in [1.807, 2.05) is 19.9 Å². The van der Waals surface area contributed by atoms with Crippen LogP contribution in [0.25, 0.3) is 11.1 Å².